The van der Waals surface area contributed by atoms with Crippen LogP contribution in [-0.4, -0.2) is 6.26 Å². The third-order valence-electron chi connectivity index (χ3n) is 2.06. The minimum Gasteiger partial charge on any atom is -0.206 e. The van der Waals surface area contributed by atoms with Crippen LogP contribution in [0.3, 0.4) is 0 Å². The molecule has 0 aromatic heterocycles. The highest BCUT2D eigenvalue weighted by Gasteiger charge is 2.11. The maximum Gasteiger partial charge on any atom is 0.138 e. The zero-order valence-corrected chi connectivity index (χ0v) is 9.28. The zero-order chi connectivity index (χ0) is 10.7. The van der Waals surface area contributed by atoms with Crippen molar-refractivity contribution < 1.29 is 4.39 Å². The lowest BCUT2D eigenvalue weighted by Crippen LogP contribution is -1.94. The lowest BCUT2D eigenvalue weighted by atomic mass is 10.0. The van der Waals surface area contributed by atoms with Crippen molar-refractivity contribution in [2.45, 2.75) is 24.7 Å². The molecule has 1 rings (SSSR count). The number of hydrogen-bond donors (Lipinski definition) is 0. The Morgan fingerprint density at radius 1 is 1.43 bits per heavy atom. The topological polar surface area (TPSA) is 23.8 Å². The summed E-state index contributed by atoms with van der Waals surface area (Å²) in [5.41, 5.74) is 1.30. The summed E-state index contributed by atoms with van der Waals surface area (Å²) in [6.07, 6.45) is 1.77. The molecule has 14 heavy (non-hydrogen) atoms. The minimum absolute atomic E-state index is 0.243. The predicted molar refractivity (Wildman–Crippen MR) is 57.0 cm³/mol. The van der Waals surface area contributed by atoms with Gasteiger partial charge in [0.05, 0.1) is 10.5 Å². The maximum absolute atomic E-state index is 13.5. The van der Waals surface area contributed by atoms with Crippen molar-refractivity contribution in [3.63, 3.8) is 0 Å². The van der Waals surface area contributed by atoms with Gasteiger partial charge in [-0.2, -0.15) is 5.26 Å². The van der Waals surface area contributed by atoms with E-state index in [0.717, 1.165) is 5.56 Å². The molecule has 0 amide bonds. The second kappa shape index (κ2) is 4.47. The van der Waals surface area contributed by atoms with E-state index in [1.165, 1.54) is 17.8 Å². The minimum atomic E-state index is -0.291. The van der Waals surface area contributed by atoms with Gasteiger partial charge in [0.2, 0.25) is 0 Å². The first-order valence-corrected chi connectivity index (χ1v) is 5.60. The van der Waals surface area contributed by atoms with Crippen LogP contribution in [0.2, 0.25) is 0 Å². The SMILES string of the molecule is CSc1c(F)cc(C(C)C)cc1C#N. The van der Waals surface area contributed by atoms with Crippen LogP contribution >= 0.6 is 11.8 Å². The monoisotopic (exact) mass is 209 g/mol. The molecule has 0 aliphatic heterocycles. The molecule has 74 valence electrons. The van der Waals surface area contributed by atoms with E-state index in [-0.39, 0.29) is 11.7 Å². The lowest BCUT2D eigenvalue weighted by Gasteiger charge is -2.09. The first-order valence-electron chi connectivity index (χ1n) is 4.37. The number of nitrogens with zero attached hydrogens (tertiary/aromatic N) is 1. The molecule has 0 N–H and O–H groups in total. The fourth-order valence-corrected chi connectivity index (χ4v) is 1.82. The highest BCUT2D eigenvalue weighted by molar-refractivity contribution is 7.98. The normalized spacial score (nSPS) is 10.3. The van der Waals surface area contributed by atoms with Crippen LogP contribution < -0.4 is 0 Å². The third kappa shape index (κ3) is 2.08. The molecule has 0 unspecified atom stereocenters. The summed E-state index contributed by atoms with van der Waals surface area (Å²) >= 11 is 1.27. The molecule has 0 heterocycles. The summed E-state index contributed by atoms with van der Waals surface area (Å²) in [6, 6.07) is 5.30. The predicted octanol–water partition coefficient (Wildman–Crippen LogP) is 3.54. The number of nitriles is 1. The summed E-state index contributed by atoms with van der Waals surface area (Å²) in [6.45, 7) is 3.96. The Balaban J connectivity index is 3.33. The standard InChI is InChI=1S/C11H12FNS/c1-7(2)8-4-9(6-13)11(14-3)10(12)5-8/h4-5,7H,1-3H3. The molecule has 0 saturated carbocycles. The Hall–Kier alpha value is -1.01. The van der Waals surface area contributed by atoms with E-state index in [1.807, 2.05) is 19.9 Å². The number of rotatable bonds is 2. The average molecular weight is 209 g/mol. The molecule has 0 radical (unpaired) electrons. The van der Waals surface area contributed by atoms with Crippen molar-refractivity contribution >= 4 is 11.8 Å². The fraction of sp³-hybridized carbons (Fsp3) is 0.364. The van der Waals surface area contributed by atoms with Gasteiger partial charge in [0.1, 0.15) is 11.9 Å². The van der Waals surface area contributed by atoms with Crippen LogP contribution in [0.4, 0.5) is 4.39 Å². The molecule has 1 aromatic rings. The fourth-order valence-electron chi connectivity index (χ4n) is 1.24. The molecule has 0 fully saturated rings. The van der Waals surface area contributed by atoms with E-state index in [2.05, 4.69) is 0 Å². The van der Waals surface area contributed by atoms with Crippen LogP contribution in [0.25, 0.3) is 0 Å². The van der Waals surface area contributed by atoms with E-state index >= 15 is 0 Å². The zero-order valence-electron chi connectivity index (χ0n) is 8.47. The van der Waals surface area contributed by atoms with Crippen molar-refractivity contribution in [2.24, 2.45) is 0 Å². The van der Waals surface area contributed by atoms with Crippen molar-refractivity contribution in [3.8, 4) is 6.07 Å². The van der Waals surface area contributed by atoms with Gasteiger partial charge in [-0.05, 0) is 29.9 Å². The molecule has 0 bridgehead atoms. The van der Waals surface area contributed by atoms with Gasteiger partial charge in [0, 0.05) is 0 Å². The van der Waals surface area contributed by atoms with Crippen LogP contribution in [0.1, 0.15) is 30.9 Å². The number of benzene rings is 1. The van der Waals surface area contributed by atoms with Gasteiger partial charge < -0.3 is 0 Å². The summed E-state index contributed by atoms with van der Waals surface area (Å²) in [5.74, 6) is -0.0484. The molecule has 3 heteroatoms. The van der Waals surface area contributed by atoms with Crippen LogP contribution in [0.15, 0.2) is 17.0 Å². The Morgan fingerprint density at radius 2 is 2.07 bits per heavy atom. The molecular formula is C11H12FNS. The van der Waals surface area contributed by atoms with E-state index in [4.69, 9.17) is 5.26 Å². The molecule has 0 aliphatic carbocycles. The van der Waals surface area contributed by atoms with Gasteiger partial charge in [-0.1, -0.05) is 13.8 Å². The van der Waals surface area contributed by atoms with E-state index in [0.29, 0.717) is 10.5 Å². The number of hydrogen-bond acceptors (Lipinski definition) is 2. The quantitative estimate of drug-likeness (QED) is 0.695. The highest BCUT2D eigenvalue weighted by Crippen LogP contribution is 2.27. The molecule has 1 nitrogen and oxygen atoms in total. The summed E-state index contributed by atoms with van der Waals surface area (Å²) in [7, 11) is 0. The second-order valence-electron chi connectivity index (χ2n) is 3.35. The van der Waals surface area contributed by atoms with Crippen molar-refractivity contribution in [1.82, 2.24) is 0 Å². The van der Waals surface area contributed by atoms with E-state index in [1.54, 1.807) is 12.3 Å². The van der Waals surface area contributed by atoms with Crippen LogP contribution in [0, 0.1) is 17.1 Å². The largest absolute Gasteiger partial charge is 0.206 e. The smallest absolute Gasteiger partial charge is 0.138 e. The Morgan fingerprint density at radius 3 is 2.50 bits per heavy atom. The highest BCUT2D eigenvalue weighted by atomic mass is 32.2. The van der Waals surface area contributed by atoms with E-state index in [9.17, 15) is 4.39 Å². The third-order valence-corrected chi connectivity index (χ3v) is 2.88. The van der Waals surface area contributed by atoms with Crippen LogP contribution in [0.5, 0.6) is 0 Å². The van der Waals surface area contributed by atoms with Gasteiger partial charge in [-0.15, -0.1) is 11.8 Å². The first-order chi connectivity index (χ1) is 6.60. The van der Waals surface area contributed by atoms with Gasteiger partial charge in [0.25, 0.3) is 0 Å². The van der Waals surface area contributed by atoms with E-state index < -0.39 is 0 Å². The Bertz CT molecular complexity index is 380. The summed E-state index contributed by atoms with van der Waals surface area (Å²) in [4.78, 5) is 0.442. The summed E-state index contributed by atoms with van der Waals surface area (Å²) < 4.78 is 13.5. The Kier molecular flexibility index (Phi) is 3.54. The molecule has 0 atom stereocenters. The van der Waals surface area contributed by atoms with Gasteiger partial charge in [-0.25, -0.2) is 4.39 Å². The number of thioether (sulfide) groups is 1. The Labute approximate surface area is 87.9 Å². The maximum atomic E-state index is 13.5. The summed E-state index contributed by atoms with van der Waals surface area (Å²) in [5, 5.41) is 8.85. The van der Waals surface area contributed by atoms with Gasteiger partial charge in [-0.3, -0.25) is 0 Å². The number of halogens is 1. The molecule has 0 aliphatic rings. The van der Waals surface area contributed by atoms with Gasteiger partial charge in [0.15, 0.2) is 0 Å². The molecular weight excluding hydrogens is 197 g/mol. The molecule has 0 spiro atoms. The second-order valence-corrected chi connectivity index (χ2v) is 4.17. The van der Waals surface area contributed by atoms with Crippen molar-refractivity contribution in [3.05, 3.63) is 29.1 Å². The first kappa shape index (κ1) is 11.1. The van der Waals surface area contributed by atoms with Crippen molar-refractivity contribution in [1.29, 1.82) is 5.26 Å². The average Bonchev–Trinajstić information content (AvgIpc) is 2.16. The lowest BCUT2D eigenvalue weighted by molar-refractivity contribution is 0.596. The molecule has 1 aromatic carbocycles. The van der Waals surface area contributed by atoms with Crippen LogP contribution in [-0.2, 0) is 0 Å². The molecule has 0 saturated heterocycles. The van der Waals surface area contributed by atoms with Crippen molar-refractivity contribution in [2.75, 3.05) is 6.26 Å². The van der Waals surface area contributed by atoms with Gasteiger partial charge >= 0.3 is 0 Å².